The van der Waals surface area contributed by atoms with E-state index in [4.69, 9.17) is 0 Å². The highest BCUT2D eigenvalue weighted by atomic mass is 16.3. The highest BCUT2D eigenvalue weighted by Crippen LogP contribution is 2.35. The Balaban J connectivity index is 1.73. The molecule has 1 aliphatic carbocycles. The average molecular weight is 254 g/mol. The van der Waals surface area contributed by atoms with E-state index in [-0.39, 0.29) is 6.10 Å². The lowest BCUT2D eigenvalue weighted by molar-refractivity contribution is 0.0889. The van der Waals surface area contributed by atoms with Gasteiger partial charge >= 0.3 is 0 Å². The van der Waals surface area contributed by atoms with Crippen molar-refractivity contribution in [3.05, 3.63) is 0 Å². The molecule has 1 heterocycles. The number of rotatable bonds is 7. The Hall–Kier alpha value is -0.120. The normalized spacial score (nSPS) is 28.0. The van der Waals surface area contributed by atoms with Gasteiger partial charge in [0.25, 0.3) is 0 Å². The van der Waals surface area contributed by atoms with Crippen LogP contribution in [0.1, 0.15) is 51.9 Å². The van der Waals surface area contributed by atoms with Crippen molar-refractivity contribution in [3.63, 3.8) is 0 Å². The van der Waals surface area contributed by atoms with Crippen molar-refractivity contribution in [2.75, 3.05) is 26.2 Å². The molecule has 2 aliphatic rings. The molecule has 0 aromatic carbocycles. The molecule has 3 heteroatoms. The predicted octanol–water partition coefficient (Wildman–Crippen LogP) is 2.00. The van der Waals surface area contributed by atoms with Crippen LogP contribution < -0.4 is 5.32 Å². The van der Waals surface area contributed by atoms with Crippen molar-refractivity contribution in [1.29, 1.82) is 0 Å². The van der Waals surface area contributed by atoms with E-state index >= 15 is 0 Å². The van der Waals surface area contributed by atoms with Crippen LogP contribution in [-0.2, 0) is 0 Å². The van der Waals surface area contributed by atoms with Crippen LogP contribution >= 0.6 is 0 Å². The minimum absolute atomic E-state index is 0.196. The summed E-state index contributed by atoms with van der Waals surface area (Å²) < 4.78 is 0. The van der Waals surface area contributed by atoms with Crippen molar-refractivity contribution >= 4 is 0 Å². The molecule has 0 amide bonds. The van der Waals surface area contributed by atoms with Crippen molar-refractivity contribution < 1.29 is 5.11 Å². The van der Waals surface area contributed by atoms with Gasteiger partial charge in [-0.05, 0) is 51.1 Å². The molecule has 1 aliphatic heterocycles. The Kier molecular flexibility index (Phi) is 5.93. The van der Waals surface area contributed by atoms with Gasteiger partial charge in [-0.15, -0.1) is 0 Å². The third-order valence-electron chi connectivity index (χ3n) is 4.61. The Morgan fingerprint density at radius 2 is 2.00 bits per heavy atom. The number of β-amino-alcohol motifs (C(OH)–C–C–N with tert-alkyl or cyclic N) is 1. The fraction of sp³-hybridized carbons (Fsp3) is 1.00. The number of aliphatic hydroxyl groups is 1. The third-order valence-corrected chi connectivity index (χ3v) is 4.61. The second-order valence-electron chi connectivity index (χ2n) is 6.11. The monoisotopic (exact) mass is 254 g/mol. The van der Waals surface area contributed by atoms with Crippen LogP contribution in [-0.4, -0.2) is 48.3 Å². The number of hydrogen-bond donors (Lipinski definition) is 2. The molecular formula is C15H30N2O. The first-order valence-electron chi connectivity index (χ1n) is 7.94. The maximum absolute atomic E-state index is 10.1. The van der Waals surface area contributed by atoms with Crippen molar-refractivity contribution in [2.24, 2.45) is 5.92 Å². The van der Waals surface area contributed by atoms with Crippen LogP contribution in [0.15, 0.2) is 0 Å². The van der Waals surface area contributed by atoms with Crippen LogP contribution in [0.3, 0.4) is 0 Å². The summed E-state index contributed by atoms with van der Waals surface area (Å²) in [5.41, 5.74) is 0. The molecule has 2 rings (SSSR count). The molecular weight excluding hydrogens is 224 g/mol. The zero-order chi connectivity index (χ0) is 12.8. The smallest absolute Gasteiger partial charge is 0.0791 e. The second-order valence-corrected chi connectivity index (χ2v) is 6.11. The molecule has 0 aromatic heterocycles. The van der Waals surface area contributed by atoms with Crippen molar-refractivity contribution in [1.82, 2.24) is 10.2 Å². The lowest BCUT2D eigenvalue weighted by Crippen LogP contribution is -2.43. The zero-order valence-electron chi connectivity index (χ0n) is 11.9. The van der Waals surface area contributed by atoms with E-state index in [1.54, 1.807) is 0 Å². The molecule has 0 bridgehead atoms. The predicted molar refractivity (Wildman–Crippen MR) is 75.7 cm³/mol. The molecule has 2 unspecified atom stereocenters. The van der Waals surface area contributed by atoms with Crippen LogP contribution in [0.4, 0.5) is 0 Å². The van der Waals surface area contributed by atoms with E-state index < -0.39 is 0 Å². The van der Waals surface area contributed by atoms with Gasteiger partial charge in [0.2, 0.25) is 0 Å². The van der Waals surface area contributed by atoms with E-state index in [9.17, 15) is 5.11 Å². The van der Waals surface area contributed by atoms with E-state index in [0.29, 0.717) is 0 Å². The summed E-state index contributed by atoms with van der Waals surface area (Å²) in [5, 5.41) is 13.4. The van der Waals surface area contributed by atoms with Gasteiger partial charge in [0.15, 0.2) is 0 Å². The van der Waals surface area contributed by atoms with E-state index in [1.807, 2.05) is 0 Å². The third kappa shape index (κ3) is 3.94. The van der Waals surface area contributed by atoms with Crippen LogP contribution in [0.25, 0.3) is 0 Å². The van der Waals surface area contributed by atoms with Gasteiger partial charge in [0.05, 0.1) is 6.10 Å². The minimum atomic E-state index is -0.196. The Morgan fingerprint density at radius 3 is 2.72 bits per heavy atom. The quantitative estimate of drug-likeness (QED) is 0.682. The topological polar surface area (TPSA) is 35.5 Å². The number of nitrogens with zero attached hydrogens (tertiary/aromatic N) is 1. The molecule has 0 spiro atoms. The number of aliphatic hydroxyl groups excluding tert-OH is 1. The molecule has 1 saturated carbocycles. The standard InChI is InChI=1S/C15H30N2O/c1-2-9-16-11-14(18)12-17-10-5-8-15(17)13-6-3-4-7-13/h13-16,18H,2-12H2,1H3. The van der Waals surface area contributed by atoms with Crippen molar-refractivity contribution in [2.45, 2.75) is 64.0 Å². The zero-order valence-corrected chi connectivity index (χ0v) is 11.9. The van der Waals surface area contributed by atoms with E-state index in [1.165, 1.54) is 45.1 Å². The molecule has 0 aromatic rings. The molecule has 2 fully saturated rings. The van der Waals surface area contributed by atoms with Gasteiger partial charge in [0.1, 0.15) is 0 Å². The Morgan fingerprint density at radius 1 is 1.22 bits per heavy atom. The molecule has 0 radical (unpaired) electrons. The number of nitrogens with one attached hydrogen (secondary N) is 1. The van der Waals surface area contributed by atoms with Gasteiger partial charge < -0.3 is 10.4 Å². The number of hydrogen-bond acceptors (Lipinski definition) is 3. The lowest BCUT2D eigenvalue weighted by Gasteiger charge is -2.31. The fourth-order valence-corrected chi connectivity index (χ4v) is 3.74. The summed E-state index contributed by atoms with van der Waals surface area (Å²) >= 11 is 0. The van der Waals surface area contributed by atoms with Crippen LogP contribution in [0.5, 0.6) is 0 Å². The van der Waals surface area contributed by atoms with Crippen molar-refractivity contribution in [3.8, 4) is 0 Å². The van der Waals surface area contributed by atoms with E-state index in [2.05, 4.69) is 17.1 Å². The van der Waals surface area contributed by atoms with E-state index in [0.717, 1.165) is 38.0 Å². The van der Waals surface area contributed by atoms with Gasteiger partial charge in [-0.2, -0.15) is 0 Å². The highest BCUT2D eigenvalue weighted by molar-refractivity contribution is 4.88. The maximum atomic E-state index is 10.1. The first-order valence-corrected chi connectivity index (χ1v) is 7.94. The first kappa shape index (κ1) is 14.3. The summed E-state index contributed by atoms with van der Waals surface area (Å²) in [4.78, 5) is 2.56. The first-order chi connectivity index (χ1) is 8.81. The SMILES string of the molecule is CCCNCC(O)CN1CCCC1C1CCCC1. The molecule has 18 heavy (non-hydrogen) atoms. The summed E-state index contributed by atoms with van der Waals surface area (Å²) in [6, 6.07) is 0.772. The molecule has 1 saturated heterocycles. The summed E-state index contributed by atoms with van der Waals surface area (Å²) in [7, 11) is 0. The largest absolute Gasteiger partial charge is 0.390 e. The summed E-state index contributed by atoms with van der Waals surface area (Å²) in [6.45, 7) is 6.00. The molecule has 2 N–H and O–H groups in total. The minimum Gasteiger partial charge on any atom is -0.390 e. The van der Waals surface area contributed by atoms with Crippen LogP contribution in [0, 0.1) is 5.92 Å². The Bertz CT molecular complexity index is 229. The van der Waals surface area contributed by atoms with Gasteiger partial charge in [-0.25, -0.2) is 0 Å². The Labute approximate surface area is 112 Å². The summed E-state index contributed by atoms with van der Waals surface area (Å²) in [5.74, 6) is 0.920. The second kappa shape index (κ2) is 7.46. The van der Waals surface area contributed by atoms with Crippen LogP contribution in [0.2, 0.25) is 0 Å². The van der Waals surface area contributed by atoms with Gasteiger partial charge in [0, 0.05) is 19.1 Å². The maximum Gasteiger partial charge on any atom is 0.0791 e. The molecule has 2 atom stereocenters. The molecule has 3 nitrogen and oxygen atoms in total. The lowest BCUT2D eigenvalue weighted by atomic mass is 9.96. The highest BCUT2D eigenvalue weighted by Gasteiger charge is 2.33. The number of likely N-dealkylation sites (tertiary alicyclic amines) is 1. The molecule has 106 valence electrons. The van der Waals surface area contributed by atoms with Gasteiger partial charge in [-0.3, -0.25) is 4.90 Å². The average Bonchev–Trinajstić information content (AvgIpc) is 2.99. The summed E-state index contributed by atoms with van der Waals surface area (Å²) in [6.07, 6.45) is 9.33. The fourth-order valence-electron chi connectivity index (χ4n) is 3.74. The van der Waals surface area contributed by atoms with Gasteiger partial charge in [-0.1, -0.05) is 19.8 Å².